The van der Waals surface area contributed by atoms with Crippen LogP contribution in [0.2, 0.25) is 5.02 Å². The molecule has 3 aromatic carbocycles. The molecule has 0 radical (unpaired) electrons. The number of methoxy groups -OCH3 is 1. The Balaban J connectivity index is 1.41. The van der Waals surface area contributed by atoms with E-state index in [0.717, 1.165) is 43.1 Å². The van der Waals surface area contributed by atoms with Crippen molar-refractivity contribution in [3.05, 3.63) is 100 Å². The van der Waals surface area contributed by atoms with Crippen LogP contribution in [0.25, 0.3) is 0 Å². The smallest absolute Gasteiger partial charge is 0.119 e. The number of halogens is 1. The third-order valence-electron chi connectivity index (χ3n) is 7.27. The van der Waals surface area contributed by atoms with Gasteiger partial charge in [0, 0.05) is 30.1 Å². The lowest BCUT2D eigenvalue weighted by Gasteiger charge is -2.32. The molecule has 0 N–H and O–H groups in total. The summed E-state index contributed by atoms with van der Waals surface area (Å²) in [6.07, 6.45) is 4.58. The van der Waals surface area contributed by atoms with Gasteiger partial charge in [-0.3, -0.25) is 4.90 Å². The molecular weight excluding hydrogens is 402 g/mol. The first kappa shape index (κ1) is 20.6. The van der Waals surface area contributed by atoms with Gasteiger partial charge >= 0.3 is 0 Å². The van der Waals surface area contributed by atoms with Gasteiger partial charge < -0.3 is 4.74 Å². The molecular formula is C28H30ClNO. The normalized spacial score (nSPS) is 22.7. The molecule has 1 aliphatic heterocycles. The first-order valence-electron chi connectivity index (χ1n) is 11.4. The summed E-state index contributed by atoms with van der Waals surface area (Å²) < 4.78 is 5.49. The molecule has 160 valence electrons. The topological polar surface area (TPSA) is 12.5 Å². The molecule has 5 rings (SSSR count). The van der Waals surface area contributed by atoms with Crippen LogP contribution in [-0.2, 0) is 19.3 Å². The van der Waals surface area contributed by atoms with Crippen LogP contribution in [-0.4, -0.2) is 31.1 Å². The van der Waals surface area contributed by atoms with Crippen molar-refractivity contribution in [1.82, 2.24) is 4.90 Å². The van der Waals surface area contributed by atoms with Gasteiger partial charge in [0.05, 0.1) is 7.11 Å². The maximum Gasteiger partial charge on any atom is 0.119 e. The van der Waals surface area contributed by atoms with Gasteiger partial charge in [-0.15, -0.1) is 0 Å². The van der Waals surface area contributed by atoms with Crippen LogP contribution >= 0.6 is 11.6 Å². The fourth-order valence-electron chi connectivity index (χ4n) is 5.75. The summed E-state index contributed by atoms with van der Waals surface area (Å²) >= 11 is 6.23. The quantitative estimate of drug-likeness (QED) is 0.463. The van der Waals surface area contributed by atoms with Crippen molar-refractivity contribution in [2.45, 2.75) is 37.6 Å². The Morgan fingerprint density at radius 3 is 2.61 bits per heavy atom. The van der Waals surface area contributed by atoms with Crippen molar-refractivity contribution in [1.29, 1.82) is 0 Å². The lowest BCUT2D eigenvalue weighted by molar-refractivity contribution is 0.220. The number of rotatable bonds is 6. The Kier molecular flexibility index (Phi) is 6.02. The number of ether oxygens (including phenoxy) is 1. The predicted octanol–water partition coefficient (Wildman–Crippen LogP) is 6.16. The second kappa shape index (κ2) is 9.06. The molecule has 0 aromatic heterocycles. The molecule has 3 atom stereocenters. The largest absolute Gasteiger partial charge is 0.497 e. The highest BCUT2D eigenvalue weighted by Gasteiger charge is 2.44. The average molecular weight is 432 g/mol. The number of aryl methyl sites for hydroxylation is 1. The van der Waals surface area contributed by atoms with Crippen LogP contribution in [0.15, 0.2) is 72.8 Å². The van der Waals surface area contributed by atoms with Gasteiger partial charge in [-0.25, -0.2) is 0 Å². The number of benzene rings is 3. The average Bonchev–Trinajstić information content (AvgIpc) is 3.15. The van der Waals surface area contributed by atoms with E-state index in [4.69, 9.17) is 16.3 Å². The van der Waals surface area contributed by atoms with Crippen molar-refractivity contribution < 1.29 is 4.74 Å². The second-order valence-electron chi connectivity index (χ2n) is 9.01. The molecule has 3 aromatic rings. The van der Waals surface area contributed by atoms with E-state index >= 15 is 0 Å². The highest BCUT2D eigenvalue weighted by atomic mass is 35.5. The van der Waals surface area contributed by atoms with Crippen molar-refractivity contribution >= 4 is 11.6 Å². The summed E-state index contributed by atoms with van der Waals surface area (Å²) in [5.41, 5.74) is 5.79. The van der Waals surface area contributed by atoms with Crippen molar-refractivity contribution in [2.24, 2.45) is 5.92 Å². The minimum absolute atomic E-state index is 0.585. The second-order valence-corrected chi connectivity index (χ2v) is 9.44. The molecule has 1 heterocycles. The van der Waals surface area contributed by atoms with E-state index in [0.29, 0.717) is 17.9 Å². The molecule has 3 heteroatoms. The van der Waals surface area contributed by atoms with Crippen molar-refractivity contribution in [2.75, 3.05) is 20.2 Å². The first-order valence-corrected chi connectivity index (χ1v) is 11.8. The van der Waals surface area contributed by atoms with Crippen LogP contribution < -0.4 is 4.74 Å². The van der Waals surface area contributed by atoms with Gasteiger partial charge in [0.2, 0.25) is 0 Å². The lowest BCUT2D eigenvalue weighted by atomic mass is 9.73. The SMILES string of the molecule is COc1ccc2c(c1)CC[C@H]1[C@@H]2CN(CCc2cccc(Cl)c2)[C@@H]1Cc1ccccc1. The summed E-state index contributed by atoms with van der Waals surface area (Å²) in [7, 11) is 1.76. The maximum atomic E-state index is 6.23. The zero-order chi connectivity index (χ0) is 21.2. The van der Waals surface area contributed by atoms with E-state index in [1.165, 1.54) is 23.1 Å². The van der Waals surface area contributed by atoms with Crippen LogP contribution in [0.3, 0.4) is 0 Å². The molecule has 31 heavy (non-hydrogen) atoms. The Morgan fingerprint density at radius 1 is 0.968 bits per heavy atom. The van der Waals surface area contributed by atoms with Crippen LogP contribution in [0, 0.1) is 5.92 Å². The highest BCUT2D eigenvalue weighted by Crippen LogP contribution is 2.46. The monoisotopic (exact) mass is 431 g/mol. The standard InChI is InChI=1S/C28H30ClNO/c1-31-24-11-13-25-22(18-24)10-12-26-27(25)19-30(15-14-21-8-5-9-23(29)16-21)28(26)17-20-6-3-2-4-7-20/h2-9,11,13,16,18,26-28H,10,12,14-15,17,19H2,1H3/t26-,27+,28+/m0/s1. The maximum absolute atomic E-state index is 6.23. The van der Waals surface area contributed by atoms with Gasteiger partial charge in [0.15, 0.2) is 0 Å². The third-order valence-corrected chi connectivity index (χ3v) is 7.51. The van der Waals surface area contributed by atoms with E-state index in [-0.39, 0.29) is 0 Å². The Morgan fingerprint density at radius 2 is 1.81 bits per heavy atom. The number of hydrogen-bond donors (Lipinski definition) is 0. The first-order chi connectivity index (χ1) is 15.2. The summed E-state index contributed by atoms with van der Waals surface area (Å²) in [6, 6.07) is 26.6. The molecule has 0 saturated carbocycles. The third kappa shape index (κ3) is 4.37. The molecule has 2 aliphatic rings. The van der Waals surface area contributed by atoms with E-state index in [1.807, 2.05) is 6.07 Å². The van der Waals surface area contributed by atoms with Crippen LogP contribution in [0.5, 0.6) is 5.75 Å². The molecule has 0 spiro atoms. The van der Waals surface area contributed by atoms with Gasteiger partial charge in [-0.05, 0) is 78.1 Å². The summed E-state index contributed by atoms with van der Waals surface area (Å²) in [6.45, 7) is 2.22. The zero-order valence-corrected chi connectivity index (χ0v) is 18.9. The Bertz CT molecular complexity index is 1030. The number of nitrogens with zero attached hydrogens (tertiary/aromatic N) is 1. The fraction of sp³-hybridized carbons (Fsp3) is 0.357. The minimum Gasteiger partial charge on any atom is -0.497 e. The fourth-order valence-corrected chi connectivity index (χ4v) is 5.97. The van der Waals surface area contributed by atoms with E-state index in [2.05, 4.69) is 71.6 Å². The van der Waals surface area contributed by atoms with Crippen molar-refractivity contribution in [3.8, 4) is 5.75 Å². The van der Waals surface area contributed by atoms with Crippen LogP contribution in [0.4, 0.5) is 0 Å². The van der Waals surface area contributed by atoms with Crippen molar-refractivity contribution in [3.63, 3.8) is 0 Å². The number of fused-ring (bicyclic) bond motifs is 3. The van der Waals surface area contributed by atoms with E-state index in [9.17, 15) is 0 Å². The predicted molar refractivity (Wildman–Crippen MR) is 128 cm³/mol. The summed E-state index contributed by atoms with van der Waals surface area (Å²) in [5.74, 6) is 2.30. The Labute approximate surface area is 190 Å². The molecule has 0 unspecified atom stereocenters. The molecule has 1 saturated heterocycles. The molecule has 1 fully saturated rings. The molecule has 0 amide bonds. The van der Waals surface area contributed by atoms with Crippen LogP contribution in [0.1, 0.15) is 34.6 Å². The zero-order valence-electron chi connectivity index (χ0n) is 18.1. The number of likely N-dealkylation sites (tertiary alicyclic amines) is 1. The summed E-state index contributed by atoms with van der Waals surface area (Å²) in [4.78, 5) is 2.75. The number of hydrogen-bond acceptors (Lipinski definition) is 2. The van der Waals surface area contributed by atoms with Gasteiger partial charge in [-0.1, -0.05) is 60.1 Å². The van der Waals surface area contributed by atoms with Gasteiger partial charge in [-0.2, -0.15) is 0 Å². The summed E-state index contributed by atoms with van der Waals surface area (Å²) in [5, 5.41) is 0.830. The molecule has 2 nitrogen and oxygen atoms in total. The van der Waals surface area contributed by atoms with E-state index < -0.39 is 0 Å². The minimum atomic E-state index is 0.585. The molecule has 0 bridgehead atoms. The lowest BCUT2D eigenvalue weighted by Crippen LogP contribution is -2.36. The van der Waals surface area contributed by atoms with Gasteiger partial charge in [0.25, 0.3) is 0 Å². The molecule has 1 aliphatic carbocycles. The Hall–Kier alpha value is -2.29. The highest BCUT2D eigenvalue weighted by molar-refractivity contribution is 6.30. The van der Waals surface area contributed by atoms with Gasteiger partial charge in [0.1, 0.15) is 5.75 Å². The van der Waals surface area contributed by atoms with E-state index in [1.54, 1.807) is 12.7 Å².